The Morgan fingerprint density at radius 3 is 1.74 bits per heavy atom. The SMILES string of the molecule is [C-]#[O+].[C-]#[O+].[CH2-]C#CC1=CCCCC1.[CH]1[CH][CH][CH][CH]1.[Fe+2]. The van der Waals surface area contributed by atoms with Crippen molar-refractivity contribution >= 4 is 0 Å². The fourth-order valence-corrected chi connectivity index (χ4v) is 1.39. The largest absolute Gasteiger partial charge is 2.00 e. The summed E-state index contributed by atoms with van der Waals surface area (Å²) in [5, 5.41) is 0. The second kappa shape index (κ2) is 22.4. The monoisotopic (exact) mass is 296 g/mol. The van der Waals surface area contributed by atoms with Crippen molar-refractivity contribution in [1.29, 1.82) is 0 Å². The van der Waals surface area contributed by atoms with Crippen LogP contribution in [-0.4, -0.2) is 0 Å². The number of hydrogen-bond donors (Lipinski definition) is 0. The van der Waals surface area contributed by atoms with Gasteiger partial charge >= 0.3 is 39.7 Å². The van der Waals surface area contributed by atoms with E-state index in [0.29, 0.717) is 0 Å². The Bertz CT molecular complexity index is 287. The molecule has 0 bridgehead atoms. The van der Waals surface area contributed by atoms with Gasteiger partial charge in [-0.25, -0.2) is 0 Å². The zero-order chi connectivity index (χ0) is 14.1. The van der Waals surface area contributed by atoms with Gasteiger partial charge in [0.05, 0.1) is 0 Å². The van der Waals surface area contributed by atoms with Gasteiger partial charge in [-0.15, -0.1) is 5.57 Å². The molecular weight excluding hydrogens is 280 g/mol. The van der Waals surface area contributed by atoms with Crippen molar-refractivity contribution in [3.8, 4) is 11.8 Å². The topological polar surface area (TPSA) is 39.8 Å². The van der Waals surface area contributed by atoms with Crippen molar-refractivity contribution in [1.82, 2.24) is 0 Å². The van der Waals surface area contributed by atoms with Gasteiger partial charge in [0, 0.05) is 0 Å². The number of allylic oxidation sites excluding steroid dienone is 2. The fraction of sp³-hybridized carbons (Fsp3) is 0.250. The minimum Gasteiger partial charge on any atom is -0.300 e. The second-order valence-electron chi connectivity index (χ2n) is 3.24. The van der Waals surface area contributed by atoms with Crippen molar-refractivity contribution in [2.75, 3.05) is 0 Å². The first kappa shape index (κ1) is 23.3. The maximum absolute atomic E-state index is 7.50. The van der Waals surface area contributed by atoms with E-state index >= 15 is 0 Å². The quantitative estimate of drug-likeness (QED) is 0.285. The molecule has 3 heteroatoms. The third kappa shape index (κ3) is 17.2. The fourth-order valence-electron chi connectivity index (χ4n) is 1.39. The predicted octanol–water partition coefficient (Wildman–Crippen LogP) is 3.27. The van der Waals surface area contributed by atoms with Crippen molar-refractivity contribution in [3.63, 3.8) is 0 Å². The van der Waals surface area contributed by atoms with Crippen LogP contribution in [0.1, 0.15) is 25.7 Å². The average molecular weight is 296 g/mol. The van der Waals surface area contributed by atoms with Gasteiger partial charge in [0.15, 0.2) is 0 Å². The molecule has 0 saturated heterocycles. The zero-order valence-corrected chi connectivity index (χ0v) is 11.8. The summed E-state index contributed by atoms with van der Waals surface area (Å²) in [6, 6.07) is 0. The molecule has 0 amide bonds. The van der Waals surface area contributed by atoms with Gasteiger partial charge < -0.3 is 5.92 Å². The standard InChI is InChI=1S/C9H11.C5H5.2CO.Fe/c1-2-6-9-7-4-3-5-8-9;1-2-4-5-3-1;2*1-2;/h7H,1,3-5,8H2;1-5H;;;/q-1;;;;+2. The van der Waals surface area contributed by atoms with Crippen molar-refractivity contribution < 1.29 is 26.4 Å². The molecule has 19 heavy (non-hydrogen) atoms. The molecule has 0 aromatic rings. The summed E-state index contributed by atoms with van der Waals surface area (Å²) < 4.78 is 15.0. The van der Waals surface area contributed by atoms with Crippen LogP contribution < -0.4 is 0 Å². The van der Waals surface area contributed by atoms with Gasteiger partial charge in [-0.05, 0) is 57.8 Å². The van der Waals surface area contributed by atoms with E-state index in [-0.39, 0.29) is 17.1 Å². The third-order valence-corrected chi connectivity index (χ3v) is 2.10. The van der Waals surface area contributed by atoms with Crippen LogP contribution in [-0.2, 0) is 26.4 Å². The molecule has 1 saturated carbocycles. The molecule has 0 heterocycles. The molecule has 0 spiro atoms. The Balaban J connectivity index is -0.000000220. The van der Waals surface area contributed by atoms with Gasteiger partial charge in [-0.3, -0.25) is 5.92 Å². The molecule has 2 aliphatic rings. The van der Waals surface area contributed by atoms with E-state index in [9.17, 15) is 0 Å². The predicted molar refractivity (Wildman–Crippen MR) is 69.0 cm³/mol. The van der Waals surface area contributed by atoms with Crippen LogP contribution in [0.5, 0.6) is 0 Å². The molecule has 2 rings (SSSR count). The van der Waals surface area contributed by atoms with E-state index in [1.165, 1.54) is 31.3 Å². The molecular formula is C16H16FeO2+. The minimum absolute atomic E-state index is 0. The van der Waals surface area contributed by atoms with Crippen LogP contribution >= 0.6 is 0 Å². The Morgan fingerprint density at radius 1 is 0.947 bits per heavy atom. The van der Waals surface area contributed by atoms with Gasteiger partial charge in [0.1, 0.15) is 0 Å². The van der Waals surface area contributed by atoms with E-state index in [1.54, 1.807) is 0 Å². The molecule has 2 nitrogen and oxygen atoms in total. The molecule has 0 aromatic heterocycles. The van der Waals surface area contributed by atoms with Crippen LogP contribution in [0.15, 0.2) is 11.6 Å². The van der Waals surface area contributed by atoms with E-state index in [2.05, 4.69) is 38.1 Å². The first-order chi connectivity index (χ1) is 8.93. The summed E-state index contributed by atoms with van der Waals surface area (Å²) in [5.74, 6) is 5.65. The van der Waals surface area contributed by atoms with Crippen molar-refractivity contribution in [2.45, 2.75) is 25.7 Å². The normalized spacial score (nSPS) is 14.8. The zero-order valence-electron chi connectivity index (χ0n) is 10.7. The van der Waals surface area contributed by atoms with E-state index in [4.69, 9.17) is 9.30 Å². The molecule has 99 valence electrons. The van der Waals surface area contributed by atoms with Crippen LogP contribution in [0.2, 0.25) is 0 Å². The Kier molecular flexibility index (Phi) is 27.4. The minimum atomic E-state index is 0. The summed E-state index contributed by atoms with van der Waals surface area (Å²) in [7, 11) is 0. The first-order valence-electron chi connectivity index (χ1n) is 5.48. The molecule has 0 aromatic carbocycles. The molecule has 5 radical (unpaired) electrons. The maximum Gasteiger partial charge on any atom is 2.00 e. The van der Waals surface area contributed by atoms with Gasteiger partial charge in [-0.1, -0.05) is 6.08 Å². The van der Waals surface area contributed by atoms with E-state index < -0.39 is 0 Å². The molecule has 1 fully saturated rings. The van der Waals surface area contributed by atoms with Crippen LogP contribution in [0.25, 0.3) is 0 Å². The van der Waals surface area contributed by atoms with E-state index in [1.807, 2.05) is 32.1 Å². The summed E-state index contributed by atoms with van der Waals surface area (Å²) in [5.41, 5.74) is 1.29. The van der Waals surface area contributed by atoms with Gasteiger partial charge in [0.2, 0.25) is 0 Å². The summed E-state index contributed by atoms with van der Waals surface area (Å²) in [4.78, 5) is 0. The van der Waals surface area contributed by atoms with Crippen LogP contribution in [0.4, 0.5) is 0 Å². The Labute approximate surface area is 128 Å². The third-order valence-electron chi connectivity index (χ3n) is 2.10. The summed E-state index contributed by atoms with van der Waals surface area (Å²) >= 11 is 0. The van der Waals surface area contributed by atoms with Crippen LogP contribution in [0, 0.1) is 64.2 Å². The second-order valence-corrected chi connectivity index (χ2v) is 3.24. The average Bonchev–Trinajstić information content (AvgIpc) is 3.04. The van der Waals surface area contributed by atoms with Crippen LogP contribution in [0.3, 0.4) is 0 Å². The van der Waals surface area contributed by atoms with Crippen molar-refractivity contribution in [3.05, 3.63) is 64.0 Å². The summed E-state index contributed by atoms with van der Waals surface area (Å²) in [6.07, 6.45) is 17.2. The molecule has 0 N–H and O–H groups in total. The molecule has 0 unspecified atom stereocenters. The summed E-state index contributed by atoms with van der Waals surface area (Å²) in [6.45, 7) is 12.5. The van der Waals surface area contributed by atoms with Gasteiger partial charge in [0.25, 0.3) is 0 Å². The Morgan fingerprint density at radius 2 is 1.42 bits per heavy atom. The Hall–Kier alpha value is -0.831. The molecule has 2 aliphatic carbocycles. The van der Waals surface area contributed by atoms with Crippen molar-refractivity contribution in [2.24, 2.45) is 0 Å². The van der Waals surface area contributed by atoms with E-state index in [0.717, 1.165) is 0 Å². The first-order valence-corrected chi connectivity index (χ1v) is 5.48. The smallest absolute Gasteiger partial charge is 0.300 e. The molecule has 0 aliphatic heterocycles. The maximum atomic E-state index is 7.50. The van der Waals surface area contributed by atoms with Gasteiger partial charge in [-0.2, -0.15) is 6.92 Å². The molecule has 0 atom stereocenters. The number of hydrogen-bond acceptors (Lipinski definition) is 0. The number of rotatable bonds is 0.